The van der Waals surface area contributed by atoms with Crippen LogP contribution in [0.1, 0.15) is 110 Å². The number of aliphatic hydroxyl groups is 1. The van der Waals surface area contributed by atoms with Crippen molar-refractivity contribution in [2.24, 2.45) is 11.1 Å². The second-order valence-corrected chi connectivity index (χ2v) is 12.5. The van der Waals surface area contributed by atoms with E-state index >= 15 is 0 Å². The average Bonchev–Trinajstić information content (AvgIpc) is 3.03. The van der Waals surface area contributed by atoms with Crippen molar-refractivity contribution in [1.82, 2.24) is 5.32 Å². The highest BCUT2D eigenvalue weighted by molar-refractivity contribution is 5.94. The number of oxime groups is 1. The zero-order valence-corrected chi connectivity index (χ0v) is 29.5. The largest absolute Gasteiger partial charge is 0.490 e. The van der Waals surface area contributed by atoms with Crippen LogP contribution in [0.15, 0.2) is 53.2 Å². The van der Waals surface area contributed by atoms with Crippen molar-refractivity contribution >= 4 is 29.5 Å². The van der Waals surface area contributed by atoms with Gasteiger partial charge in [-0.2, -0.15) is 0 Å². The Labute approximate surface area is 290 Å². The summed E-state index contributed by atoms with van der Waals surface area (Å²) >= 11 is 0. The van der Waals surface area contributed by atoms with Crippen LogP contribution in [0.3, 0.4) is 0 Å². The summed E-state index contributed by atoms with van der Waals surface area (Å²) in [5.74, 6) is -7.33. The number of rotatable bonds is 27. The summed E-state index contributed by atoms with van der Waals surface area (Å²) in [4.78, 5) is 54.1. The molecule has 12 nitrogen and oxygen atoms in total. The van der Waals surface area contributed by atoms with Crippen LogP contribution >= 0.6 is 0 Å². The van der Waals surface area contributed by atoms with Gasteiger partial charge in [0, 0.05) is 6.42 Å². The van der Waals surface area contributed by atoms with Crippen molar-refractivity contribution in [1.29, 1.82) is 0 Å². The van der Waals surface area contributed by atoms with Crippen LogP contribution in [-0.4, -0.2) is 75.3 Å². The van der Waals surface area contributed by atoms with E-state index in [-0.39, 0.29) is 6.42 Å². The minimum Gasteiger partial charge on any atom is -0.490 e. The number of benzene rings is 1. The van der Waals surface area contributed by atoms with E-state index in [9.17, 15) is 39.6 Å². The number of unbranched alkanes of at least 4 members (excludes halogenated alkanes) is 8. The van der Waals surface area contributed by atoms with E-state index in [2.05, 4.69) is 17.4 Å². The quantitative estimate of drug-likeness (QED) is 0.0303. The molecule has 0 fully saturated rings. The van der Waals surface area contributed by atoms with E-state index in [4.69, 9.17) is 9.57 Å². The number of allylic oxidation sites excluding steroid dienone is 2. The van der Waals surface area contributed by atoms with Gasteiger partial charge >= 0.3 is 17.9 Å². The number of carbonyl (C=O) groups excluding carboxylic acids is 1. The molecular formula is C37H56N2O10. The van der Waals surface area contributed by atoms with Crippen LogP contribution < -0.4 is 10.1 Å². The molecule has 49 heavy (non-hydrogen) atoms. The number of hydrogen-bond acceptors (Lipinski definition) is 8. The van der Waals surface area contributed by atoms with Crippen LogP contribution in [-0.2, 0) is 30.4 Å². The van der Waals surface area contributed by atoms with Crippen molar-refractivity contribution < 1.29 is 49.2 Å². The molecule has 12 heteroatoms. The smallest absolute Gasteiger partial charge is 0.337 e. The van der Waals surface area contributed by atoms with Gasteiger partial charge in [0.1, 0.15) is 25.5 Å². The highest BCUT2D eigenvalue weighted by Gasteiger charge is 2.49. The Morgan fingerprint density at radius 3 is 2.06 bits per heavy atom. The Morgan fingerprint density at radius 2 is 1.53 bits per heavy atom. The Morgan fingerprint density at radius 1 is 0.918 bits per heavy atom. The number of hydrogen-bond donors (Lipinski definition) is 5. The van der Waals surface area contributed by atoms with Crippen molar-refractivity contribution in [3.05, 3.63) is 53.6 Å². The number of nitrogens with one attached hydrogen (secondary N) is 1. The Hall–Kier alpha value is -4.19. The van der Waals surface area contributed by atoms with Gasteiger partial charge in [-0.25, -0.2) is 9.59 Å². The number of carboxylic acids is 3. The van der Waals surface area contributed by atoms with E-state index in [1.807, 2.05) is 19.9 Å². The first-order valence-corrected chi connectivity index (χ1v) is 17.1. The summed E-state index contributed by atoms with van der Waals surface area (Å²) in [6, 6.07) is 5.15. The van der Waals surface area contributed by atoms with Crippen LogP contribution in [0.25, 0.3) is 0 Å². The lowest BCUT2D eigenvalue weighted by atomic mass is 9.82. The lowest BCUT2D eigenvalue weighted by Crippen LogP contribution is -2.55. The molecule has 5 N–H and O–H groups in total. The number of carbonyl (C=O) groups is 4. The number of nitrogens with zero attached hydrogens (tertiary/aromatic N) is 1. The van der Waals surface area contributed by atoms with Gasteiger partial charge in [-0.05, 0) is 76.1 Å². The van der Waals surface area contributed by atoms with E-state index in [0.29, 0.717) is 30.8 Å². The molecule has 0 bridgehead atoms. The zero-order valence-electron chi connectivity index (χ0n) is 29.5. The van der Waals surface area contributed by atoms with Crippen molar-refractivity contribution in [2.45, 2.75) is 122 Å². The third-order valence-corrected chi connectivity index (χ3v) is 8.01. The molecular weight excluding hydrogens is 632 g/mol. The highest BCUT2D eigenvalue weighted by atomic mass is 16.6. The molecule has 0 aliphatic heterocycles. The van der Waals surface area contributed by atoms with Gasteiger partial charge in [0.2, 0.25) is 5.91 Å². The molecule has 0 aliphatic rings. The number of amides is 1. The second kappa shape index (κ2) is 24.0. The molecule has 1 aromatic carbocycles. The van der Waals surface area contributed by atoms with Crippen LogP contribution in [0.2, 0.25) is 0 Å². The molecule has 0 aliphatic carbocycles. The van der Waals surface area contributed by atoms with Gasteiger partial charge in [0.15, 0.2) is 5.60 Å². The van der Waals surface area contributed by atoms with Gasteiger partial charge in [0.05, 0.1) is 18.1 Å². The maximum atomic E-state index is 13.4. The zero-order chi connectivity index (χ0) is 36.7. The standard InChI is InChI=1S/C37H56N2O10/c1-5-6-7-10-13-16-29(39-48-4)17-14-11-8-9-12-15-18-31(37(47,36(45)46)26-33(40)41)34(42)38-32(35(43)44)25-28-19-21-30(22-20-28)49-24-23-27(2)3/h15,18-23,31-32,47H,5-14,16-17,24-26H2,1-4H3,(H,38,42)(H,40,41)(H,43,44)(H,45,46)/b18-15+,39-29+. The molecule has 1 aromatic rings. The van der Waals surface area contributed by atoms with Crippen LogP contribution in [0, 0.1) is 5.92 Å². The maximum Gasteiger partial charge on any atom is 0.337 e. The van der Waals surface area contributed by atoms with Gasteiger partial charge < -0.3 is 35.3 Å². The molecule has 3 unspecified atom stereocenters. The molecule has 0 saturated carbocycles. The van der Waals surface area contributed by atoms with E-state index < -0.39 is 47.8 Å². The Balaban J connectivity index is 2.87. The first-order chi connectivity index (χ1) is 23.3. The molecule has 0 aromatic heterocycles. The maximum absolute atomic E-state index is 13.4. The predicted octanol–water partition coefficient (Wildman–Crippen LogP) is 6.31. The monoisotopic (exact) mass is 688 g/mol. The fourth-order valence-corrected chi connectivity index (χ4v) is 5.19. The van der Waals surface area contributed by atoms with Gasteiger partial charge in [-0.3, -0.25) is 9.59 Å². The highest BCUT2D eigenvalue weighted by Crippen LogP contribution is 2.26. The third-order valence-electron chi connectivity index (χ3n) is 8.01. The van der Waals surface area contributed by atoms with Crippen molar-refractivity contribution in [3.63, 3.8) is 0 Å². The Kier molecular flexibility index (Phi) is 21.0. The minimum atomic E-state index is -3.01. The summed E-state index contributed by atoms with van der Waals surface area (Å²) in [5, 5.41) is 46.4. The minimum absolute atomic E-state index is 0.147. The first kappa shape index (κ1) is 42.8. The van der Waals surface area contributed by atoms with E-state index in [1.165, 1.54) is 31.8 Å². The molecule has 1 amide bonds. The van der Waals surface area contributed by atoms with Gasteiger partial charge in [-0.15, -0.1) is 0 Å². The van der Waals surface area contributed by atoms with E-state index in [1.54, 1.807) is 31.4 Å². The summed E-state index contributed by atoms with van der Waals surface area (Å²) in [5.41, 5.74) is -0.311. The summed E-state index contributed by atoms with van der Waals surface area (Å²) in [7, 11) is 1.54. The molecule has 0 heterocycles. The van der Waals surface area contributed by atoms with Gasteiger partial charge in [0.25, 0.3) is 0 Å². The number of carboxylic acid groups (broad SMARTS) is 3. The first-order valence-electron chi connectivity index (χ1n) is 17.1. The predicted molar refractivity (Wildman–Crippen MR) is 188 cm³/mol. The fraction of sp³-hybridized carbons (Fsp3) is 0.595. The third kappa shape index (κ3) is 17.7. The molecule has 274 valence electrons. The topological polar surface area (TPSA) is 192 Å². The average molecular weight is 689 g/mol. The van der Waals surface area contributed by atoms with Crippen LogP contribution in [0.4, 0.5) is 0 Å². The van der Waals surface area contributed by atoms with Crippen molar-refractivity contribution in [3.8, 4) is 5.75 Å². The lowest BCUT2D eigenvalue weighted by Gasteiger charge is -2.29. The summed E-state index contributed by atoms with van der Waals surface area (Å²) in [6.07, 6.45) is 14.6. The second-order valence-electron chi connectivity index (χ2n) is 12.5. The van der Waals surface area contributed by atoms with Crippen LogP contribution in [0.5, 0.6) is 5.75 Å². The van der Waals surface area contributed by atoms with E-state index in [0.717, 1.165) is 55.9 Å². The molecule has 0 saturated heterocycles. The molecule has 0 radical (unpaired) electrons. The molecule has 1 rings (SSSR count). The van der Waals surface area contributed by atoms with Gasteiger partial charge in [-0.1, -0.05) is 80.5 Å². The van der Waals surface area contributed by atoms with Crippen molar-refractivity contribution in [2.75, 3.05) is 13.7 Å². The Bertz CT molecular complexity index is 1250. The fourth-order valence-electron chi connectivity index (χ4n) is 5.19. The molecule has 3 atom stereocenters. The summed E-state index contributed by atoms with van der Waals surface area (Å²) < 4.78 is 5.62. The summed E-state index contributed by atoms with van der Waals surface area (Å²) in [6.45, 7) is 6.45. The number of aliphatic carboxylic acids is 3. The SMILES string of the molecule is CCCCCCC/C(CCCCCC/C=C/C(C(=O)NC(Cc1ccc(OCC=C(C)C)cc1)C(=O)O)C(O)(CC(=O)O)C(=O)O)=N\OC. The number of ether oxygens (including phenoxy) is 1. The lowest BCUT2D eigenvalue weighted by molar-refractivity contribution is -0.172. The normalized spacial score (nSPS) is 14.0. The molecule has 0 spiro atoms.